The van der Waals surface area contributed by atoms with E-state index in [-0.39, 0.29) is 6.29 Å². The minimum atomic E-state index is -0.645. The molecule has 0 aromatic heterocycles. The van der Waals surface area contributed by atoms with E-state index in [1.807, 2.05) is 0 Å². The lowest BCUT2D eigenvalue weighted by Crippen LogP contribution is -2.46. The van der Waals surface area contributed by atoms with E-state index in [0.29, 0.717) is 124 Å². The number of rotatable bonds is 12. The lowest BCUT2D eigenvalue weighted by molar-refractivity contribution is -0.169. The Morgan fingerprint density at radius 1 is 0.568 bits per heavy atom. The summed E-state index contributed by atoms with van der Waals surface area (Å²) in [4.78, 5) is 0. The fourth-order valence-electron chi connectivity index (χ4n) is 3.47. The van der Waals surface area contributed by atoms with Gasteiger partial charge in [0.05, 0.1) is 119 Å². The molecule has 0 saturated carbocycles. The van der Waals surface area contributed by atoms with Gasteiger partial charge in [0.25, 0.3) is 0 Å². The lowest BCUT2D eigenvalue weighted by atomic mass is 10.1. The topological polar surface area (TPSA) is 102 Å². The molecule has 220 valence electrons. The number of hydrogen-bond donors (Lipinski definition) is 0. The van der Waals surface area contributed by atoms with Gasteiger partial charge in [-0.1, -0.05) is 15.9 Å². The summed E-state index contributed by atoms with van der Waals surface area (Å²) in [6.07, 6.45) is 3.15. The SMILES string of the molecule is BrCC1(OCCOCCOCCOC2CCCCO2)COCCOCCOCCOCCOCCOC1. The standard InChI is InChI=1S/C25H47BrO11/c26-21-25(37-20-18-32-12-11-31-17-19-36-24-3-1-2-4-35-24)22-33-15-13-29-9-7-27-5-6-28-8-10-30-14-16-34-23-25/h24H,1-23H2. The molecular formula is C25H47BrO11. The van der Waals surface area contributed by atoms with Crippen LogP contribution in [0, 0.1) is 0 Å². The van der Waals surface area contributed by atoms with E-state index in [0.717, 1.165) is 25.9 Å². The second-order valence-corrected chi connectivity index (χ2v) is 9.17. The summed E-state index contributed by atoms with van der Waals surface area (Å²) >= 11 is 3.57. The molecule has 0 bridgehead atoms. The summed E-state index contributed by atoms with van der Waals surface area (Å²) in [5.41, 5.74) is -0.645. The van der Waals surface area contributed by atoms with E-state index >= 15 is 0 Å². The van der Waals surface area contributed by atoms with Crippen LogP contribution < -0.4 is 0 Å². The van der Waals surface area contributed by atoms with Gasteiger partial charge in [0.2, 0.25) is 0 Å². The summed E-state index contributed by atoms with van der Waals surface area (Å²) in [5, 5.41) is 0.553. The Balaban J connectivity index is 1.58. The number of hydrogen-bond acceptors (Lipinski definition) is 11. The molecule has 0 amide bonds. The third-order valence-electron chi connectivity index (χ3n) is 5.51. The third-order valence-corrected chi connectivity index (χ3v) is 6.53. The van der Waals surface area contributed by atoms with Gasteiger partial charge in [-0.3, -0.25) is 0 Å². The zero-order valence-electron chi connectivity index (χ0n) is 22.2. The molecule has 2 saturated heterocycles. The molecule has 37 heavy (non-hydrogen) atoms. The predicted octanol–water partition coefficient (Wildman–Crippen LogP) is 1.83. The van der Waals surface area contributed by atoms with E-state index in [4.69, 9.17) is 52.1 Å². The fraction of sp³-hybridized carbons (Fsp3) is 1.00. The van der Waals surface area contributed by atoms with Crippen LogP contribution in [0.4, 0.5) is 0 Å². The van der Waals surface area contributed by atoms with Crippen molar-refractivity contribution in [2.75, 3.05) is 131 Å². The number of halogens is 1. The Labute approximate surface area is 230 Å². The summed E-state index contributed by atoms with van der Waals surface area (Å²) in [5.74, 6) is 0. The number of alkyl halides is 1. The molecule has 0 aromatic rings. The van der Waals surface area contributed by atoms with Crippen LogP contribution in [0.5, 0.6) is 0 Å². The molecule has 2 heterocycles. The van der Waals surface area contributed by atoms with Crippen LogP contribution in [0.3, 0.4) is 0 Å². The normalized spacial score (nSPS) is 24.1. The molecule has 1 unspecified atom stereocenters. The van der Waals surface area contributed by atoms with Crippen LogP contribution in [-0.4, -0.2) is 143 Å². The van der Waals surface area contributed by atoms with Crippen LogP contribution in [0.2, 0.25) is 0 Å². The van der Waals surface area contributed by atoms with Crippen LogP contribution in [0.25, 0.3) is 0 Å². The molecule has 2 rings (SSSR count). The zero-order valence-corrected chi connectivity index (χ0v) is 23.8. The Kier molecular flexibility index (Phi) is 21.5. The molecule has 0 N–H and O–H groups in total. The minimum Gasteiger partial charge on any atom is -0.377 e. The highest BCUT2D eigenvalue weighted by Gasteiger charge is 2.31. The summed E-state index contributed by atoms with van der Waals surface area (Å²) in [6, 6.07) is 0. The molecule has 11 nitrogen and oxygen atoms in total. The maximum Gasteiger partial charge on any atom is 0.157 e. The molecule has 0 spiro atoms. The lowest BCUT2D eigenvalue weighted by Gasteiger charge is -2.32. The van der Waals surface area contributed by atoms with Crippen molar-refractivity contribution in [3.8, 4) is 0 Å². The van der Waals surface area contributed by atoms with Crippen LogP contribution >= 0.6 is 15.9 Å². The van der Waals surface area contributed by atoms with E-state index in [1.54, 1.807) is 0 Å². The maximum absolute atomic E-state index is 6.17. The Morgan fingerprint density at radius 2 is 1.05 bits per heavy atom. The van der Waals surface area contributed by atoms with Crippen molar-refractivity contribution >= 4 is 15.9 Å². The zero-order chi connectivity index (χ0) is 26.1. The average molecular weight is 604 g/mol. The highest BCUT2D eigenvalue weighted by molar-refractivity contribution is 9.09. The summed E-state index contributed by atoms with van der Waals surface area (Å²) in [7, 11) is 0. The molecule has 1 atom stereocenters. The van der Waals surface area contributed by atoms with E-state index in [9.17, 15) is 0 Å². The smallest absolute Gasteiger partial charge is 0.157 e. The van der Waals surface area contributed by atoms with Gasteiger partial charge in [-0.05, 0) is 19.3 Å². The molecule has 2 aliphatic rings. The van der Waals surface area contributed by atoms with Crippen molar-refractivity contribution in [2.24, 2.45) is 0 Å². The molecule has 0 aliphatic carbocycles. The quantitative estimate of drug-likeness (QED) is 0.241. The van der Waals surface area contributed by atoms with Crippen molar-refractivity contribution in [3.05, 3.63) is 0 Å². The van der Waals surface area contributed by atoms with Crippen molar-refractivity contribution in [1.82, 2.24) is 0 Å². The van der Waals surface area contributed by atoms with Crippen molar-refractivity contribution < 1.29 is 52.1 Å². The van der Waals surface area contributed by atoms with E-state index in [2.05, 4.69) is 15.9 Å². The highest BCUT2D eigenvalue weighted by Crippen LogP contribution is 2.17. The molecule has 0 aromatic carbocycles. The second-order valence-electron chi connectivity index (χ2n) is 8.61. The molecule has 2 aliphatic heterocycles. The first-order valence-electron chi connectivity index (χ1n) is 13.4. The summed E-state index contributed by atoms with van der Waals surface area (Å²) in [6.45, 7) is 9.40. The molecular weight excluding hydrogens is 556 g/mol. The van der Waals surface area contributed by atoms with Gasteiger partial charge in [-0.25, -0.2) is 0 Å². The maximum atomic E-state index is 6.17. The first-order chi connectivity index (χ1) is 18.3. The van der Waals surface area contributed by atoms with Crippen LogP contribution in [-0.2, 0) is 52.1 Å². The molecule has 2 fully saturated rings. The monoisotopic (exact) mass is 602 g/mol. The van der Waals surface area contributed by atoms with Crippen LogP contribution in [0.15, 0.2) is 0 Å². The van der Waals surface area contributed by atoms with Gasteiger partial charge in [-0.15, -0.1) is 0 Å². The van der Waals surface area contributed by atoms with Gasteiger partial charge in [-0.2, -0.15) is 0 Å². The van der Waals surface area contributed by atoms with Crippen LogP contribution in [0.1, 0.15) is 19.3 Å². The largest absolute Gasteiger partial charge is 0.377 e. The fourth-order valence-corrected chi connectivity index (χ4v) is 3.96. The predicted molar refractivity (Wildman–Crippen MR) is 139 cm³/mol. The highest BCUT2D eigenvalue weighted by atomic mass is 79.9. The second kappa shape index (κ2) is 23.9. The minimum absolute atomic E-state index is 0.0813. The average Bonchev–Trinajstić information content (AvgIpc) is 2.93. The number of ether oxygens (including phenoxy) is 11. The Bertz CT molecular complexity index is 477. The van der Waals surface area contributed by atoms with E-state index < -0.39 is 5.60 Å². The van der Waals surface area contributed by atoms with Gasteiger partial charge in [0.1, 0.15) is 5.60 Å². The molecule has 12 heteroatoms. The first kappa shape index (κ1) is 33.2. The van der Waals surface area contributed by atoms with Crippen molar-refractivity contribution in [3.63, 3.8) is 0 Å². The van der Waals surface area contributed by atoms with Gasteiger partial charge < -0.3 is 52.1 Å². The first-order valence-corrected chi connectivity index (χ1v) is 14.5. The van der Waals surface area contributed by atoms with E-state index in [1.165, 1.54) is 0 Å². The van der Waals surface area contributed by atoms with Gasteiger partial charge in [0, 0.05) is 11.9 Å². The van der Waals surface area contributed by atoms with Crippen molar-refractivity contribution in [1.29, 1.82) is 0 Å². The Morgan fingerprint density at radius 3 is 1.54 bits per heavy atom. The summed E-state index contributed by atoms with van der Waals surface area (Å²) < 4.78 is 62.3. The van der Waals surface area contributed by atoms with Crippen molar-refractivity contribution in [2.45, 2.75) is 31.2 Å². The van der Waals surface area contributed by atoms with Gasteiger partial charge >= 0.3 is 0 Å². The third kappa shape index (κ3) is 18.1. The Hall–Kier alpha value is 0.0400. The van der Waals surface area contributed by atoms with Gasteiger partial charge in [0.15, 0.2) is 6.29 Å². The molecule has 0 radical (unpaired) electrons.